The van der Waals surface area contributed by atoms with Gasteiger partial charge < -0.3 is 19.9 Å². The van der Waals surface area contributed by atoms with Crippen LogP contribution in [0.4, 0.5) is 14.5 Å². The number of halogens is 4. The standard InChI is InChI=1S/C19H15BrClF2N3O4/c1-9-15(27)8-29-18-25-14-7-10(6-13(20)16(14)26(9)18)17(28)24-11-2-4-12(5-3-11)30-19(21,22)23/h2-7,9,15,27H,8H2,1H3,(H,24,28)/t9-,15+/m0/s1. The Bertz CT molecular complexity index is 1120. The van der Waals surface area contributed by atoms with E-state index in [-0.39, 0.29) is 18.4 Å². The highest BCUT2D eigenvalue weighted by Gasteiger charge is 2.30. The molecule has 0 bridgehead atoms. The zero-order chi connectivity index (χ0) is 21.6. The van der Waals surface area contributed by atoms with E-state index in [4.69, 9.17) is 16.3 Å². The maximum atomic E-state index is 12.7. The summed E-state index contributed by atoms with van der Waals surface area (Å²) in [5, 5.41) is 12.7. The van der Waals surface area contributed by atoms with Crippen LogP contribution in [-0.4, -0.2) is 38.8 Å². The molecule has 0 aliphatic carbocycles. The smallest absolute Gasteiger partial charge is 0.462 e. The minimum absolute atomic E-state index is 0.142. The van der Waals surface area contributed by atoms with Crippen molar-refractivity contribution >= 4 is 50.2 Å². The number of carbonyl (C=O) groups is 1. The molecule has 1 aliphatic heterocycles. The first-order valence-electron chi connectivity index (χ1n) is 8.82. The van der Waals surface area contributed by atoms with Crippen molar-refractivity contribution in [2.45, 2.75) is 24.6 Å². The normalized spacial score (nSPS) is 18.6. The molecule has 2 N–H and O–H groups in total. The minimum atomic E-state index is -3.81. The third-order valence-corrected chi connectivity index (χ3v) is 5.34. The third kappa shape index (κ3) is 4.07. The lowest BCUT2D eigenvalue weighted by Gasteiger charge is -2.27. The van der Waals surface area contributed by atoms with Gasteiger partial charge in [-0.3, -0.25) is 9.36 Å². The topological polar surface area (TPSA) is 85.6 Å². The van der Waals surface area contributed by atoms with Crippen molar-refractivity contribution in [2.75, 3.05) is 11.9 Å². The van der Waals surface area contributed by atoms with E-state index in [9.17, 15) is 18.7 Å². The Labute approximate surface area is 182 Å². The van der Waals surface area contributed by atoms with E-state index in [0.29, 0.717) is 32.8 Å². The first kappa shape index (κ1) is 20.8. The number of nitrogens with one attached hydrogen (secondary N) is 1. The van der Waals surface area contributed by atoms with Gasteiger partial charge in [-0.05, 0) is 59.3 Å². The molecule has 1 amide bonds. The summed E-state index contributed by atoms with van der Waals surface area (Å²) in [4.78, 5) is 17.1. The van der Waals surface area contributed by atoms with Crippen molar-refractivity contribution in [1.29, 1.82) is 0 Å². The predicted molar refractivity (Wildman–Crippen MR) is 109 cm³/mol. The van der Waals surface area contributed by atoms with E-state index in [1.165, 1.54) is 24.3 Å². The summed E-state index contributed by atoms with van der Waals surface area (Å²) in [6.07, 6.45) is -0.671. The average molecular weight is 503 g/mol. The number of rotatable bonds is 4. The van der Waals surface area contributed by atoms with Crippen LogP contribution in [0.1, 0.15) is 23.3 Å². The fraction of sp³-hybridized carbons (Fsp3) is 0.263. The number of aliphatic hydroxyl groups excluding tert-OH is 1. The zero-order valence-electron chi connectivity index (χ0n) is 15.4. The van der Waals surface area contributed by atoms with Crippen LogP contribution in [0, 0.1) is 0 Å². The van der Waals surface area contributed by atoms with E-state index < -0.39 is 17.6 Å². The molecule has 30 heavy (non-hydrogen) atoms. The molecule has 0 unspecified atom stereocenters. The number of amides is 1. The summed E-state index contributed by atoms with van der Waals surface area (Å²) in [5.74, 6) is -0.564. The van der Waals surface area contributed by atoms with Crippen LogP contribution >= 0.6 is 27.5 Å². The lowest BCUT2D eigenvalue weighted by atomic mass is 10.1. The first-order valence-corrected chi connectivity index (χ1v) is 9.99. The molecule has 4 rings (SSSR count). The SMILES string of the molecule is C[C@H]1[C@H](O)COc2nc3cc(C(=O)Nc4ccc(OC(F)(F)Cl)cc4)cc(Br)c3n21. The van der Waals surface area contributed by atoms with Gasteiger partial charge in [0.05, 0.1) is 17.1 Å². The van der Waals surface area contributed by atoms with Crippen molar-refractivity contribution in [3.63, 3.8) is 0 Å². The fourth-order valence-electron chi connectivity index (χ4n) is 3.19. The summed E-state index contributed by atoms with van der Waals surface area (Å²) in [6, 6.07) is 8.71. The Morgan fingerprint density at radius 2 is 2.10 bits per heavy atom. The molecule has 2 aromatic carbocycles. The number of anilines is 1. The number of benzene rings is 2. The highest BCUT2D eigenvalue weighted by Crippen LogP contribution is 2.36. The second-order valence-corrected chi connectivity index (χ2v) is 8.03. The average Bonchev–Trinajstić information content (AvgIpc) is 3.05. The molecule has 0 saturated heterocycles. The number of aliphatic hydroxyl groups is 1. The highest BCUT2D eigenvalue weighted by atomic mass is 79.9. The maximum Gasteiger partial charge on any atom is 0.487 e. The van der Waals surface area contributed by atoms with E-state index >= 15 is 0 Å². The Morgan fingerprint density at radius 3 is 2.77 bits per heavy atom. The van der Waals surface area contributed by atoms with Gasteiger partial charge in [0.25, 0.3) is 11.9 Å². The number of hydrogen-bond donors (Lipinski definition) is 2. The Morgan fingerprint density at radius 1 is 1.40 bits per heavy atom. The van der Waals surface area contributed by atoms with Crippen LogP contribution < -0.4 is 14.8 Å². The summed E-state index contributed by atoms with van der Waals surface area (Å²) in [6.45, 7) is 2.00. The monoisotopic (exact) mass is 501 g/mol. The Balaban J connectivity index is 1.58. The summed E-state index contributed by atoms with van der Waals surface area (Å²) in [7, 11) is 0. The van der Waals surface area contributed by atoms with Crippen LogP contribution in [0.5, 0.6) is 11.8 Å². The molecule has 0 fully saturated rings. The third-order valence-electron chi connectivity index (χ3n) is 4.66. The molecule has 7 nitrogen and oxygen atoms in total. The second kappa shape index (κ2) is 7.68. The molecular formula is C19H15BrClF2N3O4. The number of aromatic nitrogens is 2. The Hall–Kier alpha value is -2.43. The summed E-state index contributed by atoms with van der Waals surface area (Å²) in [5.41, 5.74) is -1.88. The minimum Gasteiger partial charge on any atom is -0.462 e. The highest BCUT2D eigenvalue weighted by molar-refractivity contribution is 9.10. The van der Waals surface area contributed by atoms with Gasteiger partial charge in [0.15, 0.2) is 0 Å². The van der Waals surface area contributed by atoms with Gasteiger partial charge in [0, 0.05) is 27.3 Å². The number of imidazole rings is 1. The molecule has 2 heterocycles. The van der Waals surface area contributed by atoms with Crippen LogP contribution in [0.25, 0.3) is 11.0 Å². The lowest BCUT2D eigenvalue weighted by Crippen LogP contribution is -2.33. The predicted octanol–water partition coefficient (Wildman–Crippen LogP) is 4.53. The molecule has 3 aromatic rings. The molecule has 0 radical (unpaired) electrons. The van der Waals surface area contributed by atoms with Gasteiger partial charge >= 0.3 is 5.57 Å². The van der Waals surface area contributed by atoms with Crippen LogP contribution in [0.2, 0.25) is 0 Å². The molecule has 2 atom stereocenters. The number of hydrogen-bond acceptors (Lipinski definition) is 5. The number of fused-ring (bicyclic) bond motifs is 3. The lowest BCUT2D eigenvalue weighted by molar-refractivity contribution is -0.0964. The van der Waals surface area contributed by atoms with Crippen molar-refractivity contribution < 1.29 is 28.2 Å². The van der Waals surface area contributed by atoms with E-state index in [2.05, 4.69) is 31.0 Å². The number of carbonyl (C=O) groups excluding carboxylic acids is 1. The number of ether oxygens (including phenoxy) is 2. The Kier molecular flexibility index (Phi) is 5.33. The van der Waals surface area contributed by atoms with Crippen molar-refractivity contribution in [3.8, 4) is 11.8 Å². The fourth-order valence-corrected chi connectivity index (χ4v) is 3.92. The molecule has 1 aliphatic rings. The van der Waals surface area contributed by atoms with Crippen LogP contribution in [-0.2, 0) is 0 Å². The summed E-state index contributed by atoms with van der Waals surface area (Å²) >= 11 is 8.20. The van der Waals surface area contributed by atoms with Gasteiger partial charge in [-0.1, -0.05) is 0 Å². The van der Waals surface area contributed by atoms with E-state index in [1.807, 2.05) is 6.92 Å². The number of nitrogens with zero attached hydrogens (tertiary/aromatic N) is 2. The van der Waals surface area contributed by atoms with Crippen molar-refractivity contribution in [2.24, 2.45) is 0 Å². The van der Waals surface area contributed by atoms with Gasteiger partial charge in [-0.25, -0.2) is 0 Å². The van der Waals surface area contributed by atoms with Gasteiger partial charge in [-0.15, -0.1) is 8.78 Å². The quantitative estimate of drug-likeness (QED) is 0.512. The van der Waals surface area contributed by atoms with E-state index in [1.54, 1.807) is 16.7 Å². The zero-order valence-corrected chi connectivity index (χ0v) is 17.7. The molecule has 11 heteroatoms. The number of alkyl halides is 3. The van der Waals surface area contributed by atoms with Crippen LogP contribution in [0.15, 0.2) is 40.9 Å². The van der Waals surface area contributed by atoms with Crippen LogP contribution in [0.3, 0.4) is 0 Å². The second-order valence-electron chi connectivity index (χ2n) is 6.74. The van der Waals surface area contributed by atoms with E-state index in [0.717, 1.165) is 0 Å². The molecule has 158 valence electrons. The molecular weight excluding hydrogens is 488 g/mol. The molecule has 0 spiro atoms. The molecule has 1 aromatic heterocycles. The summed E-state index contributed by atoms with van der Waals surface area (Å²) < 4.78 is 37.5. The maximum absolute atomic E-state index is 12.7. The van der Waals surface area contributed by atoms with Crippen molar-refractivity contribution in [3.05, 3.63) is 46.4 Å². The largest absolute Gasteiger partial charge is 0.487 e. The molecule has 0 saturated carbocycles. The van der Waals surface area contributed by atoms with Crippen molar-refractivity contribution in [1.82, 2.24) is 9.55 Å². The first-order chi connectivity index (χ1) is 14.1. The van der Waals surface area contributed by atoms with Gasteiger partial charge in [0.2, 0.25) is 0 Å². The van der Waals surface area contributed by atoms with Gasteiger partial charge in [0.1, 0.15) is 18.5 Å². The van der Waals surface area contributed by atoms with Gasteiger partial charge in [-0.2, -0.15) is 4.98 Å².